The Morgan fingerprint density at radius 3 is 1.71 bits per heavy atom. The first-order valence-corrected chi connectivity index (χ1v) is 14.0. The van der Waals surface area contributed by atoms with Gasteiger partial charge < -0.3 is 24.8 Å². The van der Waals surface area contributed by atoms with Crippen molar-refractivity contribution in [2.45, 2.75) is 32.1 Å². The summed E-state index contributed by atoms with van der Waals surface area (Å²) in [5.74, 6) is 0. The largest absolute Gasteiger partial charge is 0.214 e. The molecular weight excluding hydrogens is 583 g/mol. The van der Waals surface area contributed by atoms with E-state index < -0.39 is 0 Å². The van der Waals surface area contributed by atoms with Gasteiger partial charge in [0.2, 0.25) is 0 Å². The standard InChI is InChI=1S/C25H17.C5H8.C5H5.2ClH.Zr/c1-3-7-18(8-4-1)20-11-13-22-15-23-14-12-21(17-25(23)24(22)16-20)19-9-5-2-6-10-19;2*1-2-4-5-3-1;;;/h1-13,16-17H,15H2;1-4H2;1-5H;2*1H;/q-1;;-1;;;+2/p-2. The molecule has 0 saturated heterocycles. The number of fused-ring (bicyclic) bond motifs is 3. The summed E-state index contributed by atoms with van der Waals surface area (Å²) in [4.78, 5) is 0. The molecule has 0 heterocycles. The molecule has 0 radical (unpaired) electrons. The molecule has 7 rings (SSSR count). The fraction of sp³-hybridized carbons (Fsp3) is 0.143. The van der Waals surface area contributed by atoms with Crippen molar-refractivity contribution in [3.05, 3.63) is 139 Å². The van der Waals surface area contributed by atoms with Crippen molar-refractivity contribution in [2.75, 3.05) is 0 Å². The normalized spacial score (nSPS) is 12.4. The molecule has 0 aromatic heterocycles. The Hall–Kier alpha value is -2.44. The van der Waals surface area contributed by atoms with Crippen LogP contribution in [0.15, 0.2) is 121 Å². The number of hydrogen-bond donors (Lipinski definition) is 0. The summed E-state index contributed by atoms with van der Waals surface area (Å²) in [7, 11) is 0. The summed E-state index contributed by atoms with van der Waals surface area (Å²) in [5, 5.41) is 0. The van der Waals surface area contributed by atoms with E-state index in [4.69, 9.17) is 0 Å². The van der Waals surface area contributed by atoms with Gasteiger partial charge in [-0.05, 0) is 17.5 Å². The van der Waals surface area contributed by atoms with Gasteiger partial charge >= 0.3 is 53.1 Å². The summed E-state index contributed by atoms with van der Waals surface area (Å²) < 4.78 is 1.79. The number of benzene rings is 4. The van der Waals surface area contributed by atoms with E-state index in [0.717, 1.165) is 6.42 Å². The molecule has 0 N–H and O–H groups in total. The molecule has 5 aromatic rings. The molecule has 0 atom stereocenters. The molecule has 0 aliphatic heterocycles. The van der Waals surface area contributed by atoms with Gasteiger partial charge in [0.15, 0.2) is 0 Å². The maximum atomic E-state index is 3.52. The predicted molar refractivity (Wildman–Crippen MR) is 150 cm³/mol. The van der Waals surface area contributed by atoms with Gasteiger partial charge in [0.05, 0.1) is 0 Å². The van der Waals surface area contributed by atoms with Crippen LogP contribution in [0.5, 0.6) is 0 Å². The third-order valence-corrected chi connectivity index (χ3v) is 8.00. The van der Waals surface area contributed by atoms with Crippen molar-refractivity contribution in [2.24, 2.45) is 0 Å². The summed E-state index contributed by atoms with van der Waals surface area (Å²) in [6, 6.07) is 45.9. The topological polar surface area (TPSA) is 0 Å². The van der Waals surface area contributed by atoms with E-state index in [1.807, 2.05) is 30.3 Å². The molecule has 0 spiro atoms. The quantitative estimate of drug-likeness (QED) is 0.264. The van der Waals surface area contributed by atoms with Crippen molar-refractivity contribution >= 4 is 3.21 Å². The van der Waals surface area contributed by atoms with Crippen LogP contribution in [0, 0.1) is 6.07 Å². The van der Waals surface area contributed by atoms with Crippen LogP contribution >= 0.6 is 0 Å². The van der Waals surface area contributed by atoms with E-state index in [0.29, 0.717) is 0 Å². The van der Waals surface area contributed by atoms with Gasteiger partial charge in [0.1, 0.15) is 0 Å². The maximum absolute atomic E-state index is 3.52. The van der Waals surface area contributed by atoms with E-state index >= 15 is 0 Å². The average molecular weight is 613 g/mol. The molecule has 38 heavy (non-hydrogen) atoms. The zero-order valence-corrected chi connectivity index (χ0v) is 25.3. The number of halogens is 2. The predicted octanol–water partition coefficient (Wildman–Crippen LogP) is 3.09. The minimum Gasteiger partial charge on any atom is -0.214 e. The van der Waals surface area contributed by atoms with Crippen molar-refractivity contribution in [3.8, 4) is 33.4 Å². The Bertz CT molecular complexity index is 1300. The van der Waals surface area contributed by atoms with Crippen LogP contribution in [0.1, 0.15) is 36.8 Å². The molecule has 190 valence electrons. The molecule has 0 nitrogen and oxygen atoms in total. The number of hydrogen-bond acceptors (Lipinski definition) is 0. The second-order valence-corrected chi connectivity index (χ2v) is 11.1. The first kappa shape index (κ1) is 30.1. The van der Waals surface area contributed by atoms with Gasteiger partial charge in [-0.3, -0.25) is 0 Å². The van der Waals surface area contributed by atoms with Crippen LogP contribution in [0.2, 0.25) is 0 Å². The van der Waals surface area contributed by atoms with Gasteiger partial charge in [0, 0.05) is 0 Å². The van der Waals surface area contributed by atoms with Crippen molar-refractivity contribution < 1.29 is 49.0 Å². The Morgan fingerprint density at radius 1 is 0.605 bits per heavy atom. The Balaban J connectivity index is 0.000000257. The summed E-state index contributed by atoms with van der Waals surface area (Å²) in [6.07, 6.45) is 6.81. The Morgan fingerprint density at radius 2 is 1.18 bits per heavy atom. The summed E-state index contributed by atoms with van der Waals surface area (Å²) >= 11 is 1.68. The maximum Gasteiger partial charge on any atom is -0.0184 e. The second-order valence-electron chi connectivity index (χ2n) is 9.33. The van der Waals surface area contributed by atoms with Crippen LogP contribution in [-0.2, 0) is 30.7 Å². The van der Waals surface area contributed by atoms with Gasteiger partial charge in [-0.1, -0.05) is 95.6 Å². The zero-order chi connectivity index (χ0) is 24.6. The van der Waals surface area contributed by atoms with E-state index in [9.17, 15) is 0 Å². The van der Waals surface area contributed by atoms with Crippen molar-refractivity contribution in [3.63, 3.8) is 0 Å². The van der Waals surface area contributed by atoms with Gasteiger partial charge in [-0.15, -0.1) is 11.1 Å². The third-order valence-electron chi connectivity index (χ3n) is 6.77. The van der Waals surface area contributed by atoms with Gasteiger partial charge in [-0.2, -0.15) is 42.0 Å². The van der Waals surface area contributed by atoms with Crippen molar-refractivity contribution in [1.82, 2.24) is 0 Å². The van der Waals surface area contributed by atoms with Crippen LogP contribution in [0.3, 0.4) is 0 Å². The van der Waals surface area contributed by atoms with Gasteiger partial charge in [-0.25, -0.2) is 12.1 Å². The average Bonchev–Trinajstić information content (AvgIpc) is 3.73. The molecular formula is C35H30Cl2Zr-2. The molecule has 1 fully saturated rings. The smallest absolute Gasteiger partial charge is 0.0184 e. The molecule has 5 aromatic carbocycles. The second kappa shape index (κ2) is 15.2. The monoisotopic (exact) mass is 610 g/mol. The molecule has 0 bridgehead atoms. The molecule has 0 unspecified atom stereocenters. The minimum atomic E-state index is 0. The SMILES string of the molecule is [Cl-].[Cl-].[Zr+2]=[C]1CCCC1.[c-]1cc(-c2ccccc2)cc2c1Cc1ccc(-c3ccccc3)cc1-2.c1cc[cH-]c1. The summed E-state index contributed by atoms with van der Waals surface area (Å²) in [6.45, 7) is 0. The van der Waals surface area contributed by atoms with Crippen LogP contribution < -0.4 is 24.8 Å². The van der Waals surface area contributed by atoms with Gasteiger partial charge in [0.25, 0.3) is 0 Å². The molecule has 3 heteroatoms. The molecule has 0 amide bonds. The van der Waals surface area contributed by atoms with E-state index in [-0.39, 0.29) is 24.8 Å². The third kappa shape index (κ3) is 7.80. The first-order chi connectivity index (χ1) is 17.8. The fourth-order valence-corrected chi connectivity index (χ4v) is 5.68. The number of rotatable bonds is 2. The van der Waals surface area contributed by atoms with E-state index in [1.54, 1.807) is 27.4 Å². The van der Waals surface area contributed by atoms with Crippen LogP contribution in [0.4, 0.5) is 0 Å². The molecule has 1 saturated carbocycles. The molecule has 2 aliphatic carbocycles. The minimum absolute atomic E-state index is 0. The molecule has 2 aliphatic rings. The zero-order valence-electron chi connectivity index (χ0n) is 21.3. The van der Waals surface area contributed by atoms with Crippen LogP contribution in [0.25, 0.3) is 33.4 Å². The van der Waals surface area contributed by atoms with Crippen LogP contribution in [-0.4, -0.2) is 3.21 Å². The fourth-order valence-electron chi connectivity index (χ4n) is 4.82. The van der Waals surface area contributed by atoms with E-state index in [1.165, 1.54) is 70.2 Å². The first-order valence-electron chi connectivity index (χ1n) is 12.8. The Kier molecular flexibility index (Phi) is 12.1. The van der Waals surface area contributed by atoms with Crippen molar-refractivity contribution in [1.29, 1.82) is 0 Å². The summed E-state index contributed by atoms with van der Waals surface area (Å²) in [5.41, 5.74) is 10.4. The van der Waals surface area contributed by atoms with E-state index in [2.05, 4.69) is 97.1 Å². The Labute approximate surface area is 254 Å².